The third-order valence-electron chi connectivity index (χ3n) is 9.92. The molecular formula is C37H51N3. The molecule has 5 rings (SSSR count). The molecule has 0 N–H and O–H groups in total. The molecule has 1 atom stereocenters. The molecule has 0 radical (unpaired) electrons. The third-order valence-corrected chi connectivity index (χ3v) is 9.92. The maximum absolute atomic E-state index is 5.35. The van der Waals surface area contributed by atoms with Gasteiger partial charge in [-0.3, -0.25) is 15.0 Å². The van der Waals surface area contributed by atoms with E-state index in [2.05, 4.69) is 126 Å². The zero-order valence-electron chi connectivity index (χ0n) is 27.2. The lowest BCUT2D eigenvalue weighted by Crippen LogP contribution is -2.26. The molecule has 0 aliphatic heterocycles. The summed E-state index contributed by atoms with van der Waals surface area (Å²) in [5.74, 6) is 0. The summed E-state index contributed by atoms with van der Waals surface area (Å²) in [5.41, 5.74) is 11.0. The van der Waals surface area contributed by atoms with Crippen LogP contribution in [0.3, 0.4) is 0 Å². The Hall–Kier alpha value is -2.55. The highest BCUT2D eigenvalue weighted by atomic mass is 14.8. The van der Waals surface area contributed by atoms with Crippen LogP contribution in [0.5, 0.6) is 0 Å². The van der Waals surface area contributed by atoms with E-state index in [4.69, 9.17) is 15.0 Å². The number of hydrogen-bond acceptors (Lipinski definition) is 3. The minimum absolute atomic E-state index is 0.00189. The molecule has 2 aliphatic rings. The van der Waals surface area contributed by atoms with Gasteiger partial charge in [0.25, 0.3) is 0 Å². The summed E-state index contributed by atoms with van der Waals surface area (Å²) in [6, 6.07) is 9.15. The highest BCUT2D eigenvalue weighted by molar-refractivity contribution is 5.50. The fraction of sp³-hybridized carbons (Fsp3) is 0.595. The minimum atomic E-state index is -0.0950. The van der Waals surface area contributed by atoms with E-state index in [9.17, 15) is 0 Å². The van der Waals surface area contributed by atoms with Crippen LogP contribution in [0.15, 0.2) is 42.9 Å². The van der Waals surface area contributed by atoms with Gasteiger partial charge in [0.15, 0.2) is 0 Å². The molecule has 0 aromatic carbocycles. The summed E-state index contributed by atoms with van der Waals surface area (Å²) in [5, 5.41) is 0. The van der Waals surface area contributed by atoms with Crippen LogP contribution in [0.2, 0.25) is 0 Å². The summed E-state index contributed by atoms with van der Waals surface area (Å²) in [6.45, 7) is 28.1. The Morgan fingerprint density at radius 2 is 1.43 bits per heavy atom. The Labute approximate surface area is 243 Å². The van der Waals surface area contributed by atoms with Crippen molar-refractivity contribution in [3.63, 3.8) is 0 Å². The minimum Gasteiger partial charge on any atom is -0.264 e. The van der Waals surface area contributed by atoms with E-state index in [0.717, 1.165) is 31.4 Å². The van der Waals surface area contributed by atoms with Gasteiger partial charge in [-0.25, -0.2) is 0 Å². The van der Waals surface area contributed by atoms with E-state index >= 15 is 0 Å². The van der Waals surface area contributed by atoms with Gasteiger partial charge in [-0.2, -0.15) is 0 Å². The number of hydrogen-bond donors (Lipinski definition) is 0. The average Bonchev–Trinajstić information content (AvgIpc) is 3.14. The molecule has 0 amide bonds. The normalized spacial score (nSPS) is 22.7. The van der Waals surface area contributed by atoms with Crippen molar-refractivity contribution >= 4 is 0 Å². The number of pyridine rings is 3. The number of fused-ring (bicyclic) bond motifs is 2. The van der Waals surface area contributed by atoms with Gasteiger partial charge in [0.05, 0.1) is 5.69 Å². The molecular weight excluding hydrogens is 486 g/mol. The first kappa shape index (κ1) is 29.0. The summed E-state index contributed by atoms with van der Waals surface area (Å²) in [6.07, 6.45) is 10.4. The van der Waals surface area contributed by atoms with Gasteiger partial charge in [0.1, 0.15) is 0 Å². The summed E-state index contributed by atoms with van der Waals surface area (Å²) in [7, 11) is 0. The van der Waals surface area contributed by atoms with Gasteiger partial charge in [0.2, 0.25) is 0 Å². The van der Waals surface area contributed by atoms with Crippen molar-refractivity contribution in [2.45, 2.75) is 141 Å². The van der Waals surface area contributed by atoms with E-state index in [1.165, 1.54) is 39.2 Å². The molecule has 40 heavy (non-hydrogen) atoms. The summed E-state index contributed by atoms with van der Waals surface area (Å²) >= 11 is 0. The first-order valence-corrected chi connectivity index (χ1v) is 15.2. The first-order chi connectivity index (χ1) is 18.3. The second kappa shape index (κ2) is 8.97. The van der Waals surface area contributed by atoms with Crippen molar-refractivity contribution in [1.82, 2.24) is 15.0 Å². The third kappa shape index (κ3) is 4.92. The fourth-order valence-corrected chi connectivity index (χ4v) is 8.36. The van der Waals surface area contributed by atoms with Gasteiger partial charge in [-0.05, 0) is 81.9 Å². The van der Waals surface area contributed by atoms with Crippen LogP contribution in [0.4, 0.5) is 0 Å². The Morgan fingerprint density at radius 1 is 0.725 bits per heavy atom. The lowest BCUT2D eigenvalue weighted by molar-refractivity contribution is 0.368. The van der Waals surface area contributed by atoms with Gasteiger partial charge in [-0.1, -0.05) is 95.2 Å². The Kier molecular flexibility index (Phi) is 6.50. The van der Waals surface area contributed by atoms with E-state index in [1.54, 1.807) is 0 Å². The highest BCUT2D eigenvalue weighted by Crippen LogP contribution is 2.53. The zero-order valence-corrected chi connectivity index (χ0v) is 27.2. The van der Waals surface area contributed by atoms with E-state index in [1.807, 2.05) is 0 Å². The topological polar surface area (TPSA) is 38.7 Å². The second-order valence-corrected chi connectivity index (χ2v) is 16.9. The van der Waals surface area contributed by atoms with Crippen LogP contribution in [0.1, 0.15) is 141 Å². The highest BCUT2D eigenvalue weighted by Gasteiger charge is 2.48. The zero-order chi connectivity index (χ0) is 29.5. The van der Waals surface area contributed by atoms with E-state index < -0.39 is 0 Å². The molecule has 3 aromatic rings. The molecule has 2 aliphatic carbocycles. The van der Waals surface area contributed by atoms with Crippen LogP contribution in [-0.4, -0.2) is 15.0 Å². The summed E-state index contributed by atoms with van der Waals surface area (Å²) in [4.78, 5) is 15.1. The molecule has 0 saturated carbocycles. The second-order valence-electron chi connectivity index (χ2n) is 16.9. The largest absolute Gasteiger partial charge is 0.264 e. The number of rotatable bonds is 5. The molecule has 0 unspecified atom stereocenters. The monoisotopic (exact) mass is 537 g/mol. The average molecular weight is 538 g/mol. The van der Waals surface area contributed by atoms with Crippen LogP contribution in [-0.2, 0) is 45.3 Å². The molecule has 214 valence electrons. The Morgan fingerprint density at radius 3 is 2.05 bits per heavy atom. The van der Waals surface area contributed by atoms with Crippen molar-refractivity contribution in [3.05, 3.63) is 87.8 Å². The van der Waals surface area contributed by atoms with Crippen molar-refractivity contribution in [2.75, 3.05) is 0 Å². The quantitative estimate of drug-likeness (QED) is 0.326. The standard InChI is InChI=1S/C37H51N3/c1-32(2,3)25-13-16-29(39-20-25)33(4,5)17-24-19-38-21-28-30(24)35(8,9)23-37(28,12)18-26-14-15-27-31(40-26)36(10,11)22-34(27,6)7/h13-16,19-21H,17-18,22-23H2,1-12H3/t37-/m1/s1. The van der Waals surface area contributed by atoms with Crippen molar-refractivity contribution in [1.29, 1.82) is 0 Å². The SMILES string of the molecule is CC(C)(C)c1ccc(C(C)(C)Cc2cncc3c2C(C)(C)C[C@@]3(C)Cc2ccc3c(n2)C(C)(C)CC3(C)C)nc1. The maximum Gasteiger partial charge on any atom is 0.0500 e. The predicted molar refractivity (Wildman–Crippen MR) is 168 cm³/mol. The van der Waals surface area contributed by atoms with E-state index in [0.29, 0.717) is 0 Å². The van der Waals surface area contributed by atoms with Crippen LogP contribution >= 0.6 is 0 Å². The molecule has 3 aromatic heterocycles. The Balaban J connectivity index is 1.48. The Bertz CT molecular complexity index is 1430. The van der Waals surface area contributed by atoms with Crippen LogP contribution in [0.25, 0.3) is 0 Å². The molecule has 0 spiro atoms. The van der Waals surface area contributed by atoms with Gasteiger partial charge < -0.3 is 0 Å². The smallest absolute Gasteiger partial charge is 0.0500 e. The van der Waals surface area contributed by atoms with E-state index in [-0.39, 0.29) is 32.5 Å². The van der Waals surface area contributed by atoms with Gasteiger partial charge in [0, 0.05) is 46.2 Å². The lowest BCUT2D eigenvalue weighted by atomic mass is 9.76. The van der Waals surface area contributed by atoms with Crippen molar-refractivity contribution in [2.24, 2.45) is 0 Å². The van der Waals surface area contributed by atoms with Crippen LogP contribution in [0, 0.1) is 0 Å². The van der Waals surface area contributed by atoms with Crippen molar-refractivity contribution in [3.8, 4) is 0 Å². The van der Waals surface area contributed by atoms with Gasteiger partial charge >= 0.3 is 0 Å². The predicted octanol–water partition coefficient (Wildman–Crippen LogP) is 8.83. The molecule has 0 saturated heterocycles. The van der Waals surface area contributed by atoms with Gasteiger partial charge in [-0.15, -0.1) is 0 Å². The van der Waals surface area contributed by atoms with Crippen molar-refractivity contribution < 1.29 is 0 Å². The number of nitrogens with zero attached hydrogens (tertiary/aromatic N) is 3. The first-order valence-electron chi connectivity index (χ1n) is 15.2. The van der Waals surface area contributed by atoms with Crippen LogP contribution < -0.4 is 0 Å². The molecule has 0 fully saturated rings. The number of aromatic nitrogens is 3. The maximum atomic E-state index is 5.35. The molecule has 3 nitrogen and oxygen atoms in total. The lowest BCUT2D eigenvalue weighted by Gasteiger charge is -2.29. The fourth-order valence-electron chi connectivity index (χ4n) is 8.36. The molecule has 3 heterocycles. The summed E-state index contributed by atoms with van der Waals surface area (Å²) < 4.78 is 0. The molecule has 0 bridgehead atoms. The molecule has 3 heteroatoms.